The van der Waals surface area contributed by atoms with Crippen LogP contribution in [0.15, 0.2) is 24.5 Å². The lowest BCUT2D eigenvalue weighted by Gasteiger charge is -2.35. The maximum atomic E-state index is 6.00. The van der Waals surface area contributed by atoms with Crippen molar-refractivity contribution in [3.63, 3.8) is 0 Å². The van der Waals surface area contributed by atoms with Crippen molar-refractivity contribution in [2.75, 3.05) is 13.1 Å². The molecule has 2 heterocycles. The molecule has 2 atom stereocenters. The highest BCUT2D eigenvalue weighted by Gasteiger charge is 2.22. The maximum Gasteiger partial charge on any atom is 0.0271 e. The van der Waals surface area contributed by atoms with E-state index in [9.17, 15) is 0 Å². The predicted molar refractivity (Wildman–Crippen MR) is 61.3 cm³/mol. The van der Waals surface area contributed by atoms with E-state index in [2.05, 4.69) is 28.9 Å². The molecule has 1 aliphatic rings. The van der Waals surface area contributed by atoms with Crippen LogP contribution in [-0.4, -0.2) is 29.0 Å². The van der Waals surface area contributed by atoms with Crippen LogP contribution in [0.25, 0.3) is 0 Å². The molecule has 1 saturated heterocycles. The van der Waals surface area contributed by atoms with Gasteiger partial charge in [-0.05, 0) is 36.6 Å². The molecule has 0 aliphatic carbocycles. The summed E-state index contributed by atoms with van der Waals surface area (Å²) in [4.78, 5) is 6.50. The summed E-state index contributed by atoms with van der Waals surface area (Å²) in [5.41, 5.74) is 7.34. The van der Waals surface area contributed by atoms with Crippen LogP contribution in [0, 0.1) is 5.92 Å². The van der Waals surface area contributed by atoms with Gasteiger partial charge in [0, 0.05) is 31.5 Å². The van der Waals surface area contributed by atoms with Gasteiger partial charge >= 0.3 is 0 Å². The Morgan fingerprint density at radius 3 is 2.87 bits per heavy atom. The molecule has 15 heavy (non-hydrogen) atoms. The third-order valence-corrected chi connectivity index (χ3v) is 3.21. The molecular formula is C12H19N3. The SMILES string of the molecule is CC1CN(Cc2ccncc2)CCC1N. The Labute approximate surface area is 91.3 Å². The largest absolute Gasteiger partial charge is 0.327 e. The molecule has 0 spiro atoms. The number of hydrogen-bond donors (Lipinski definition) is 1. The molecule has 2 rings (SSSR count). The first-order chi connectivity index (χ1) is 7.25. The molecule has 0 saturated carbocycles. The zero-order valence-electron chi connectivity index (χ0n) is 9.26. The van der Waals surface area contributed by atoms with E-state index in [1.165, 1.54) is 5.56 Å². The van der Waals surface area contributed by atoms with E-state index in [4.69, 9.17) is 5.73 Å². The van der Waals surface area contributed by atoms with Gasteiger partial charge in [0.15, 0.2) is 0 Å². The van der Waals surface area contributed by atoms with E-state index < -0.39 is 0 Å². The Kier molecular flexibility index (Phi) is 3.34. The average molecular weight is 205 g/mol. The molecule has 0 bridgehead atoms. The second kappa shape index (κ2) is 4.73. The van der Waals surface area contributed by atoms with E-state index in [1.807, 2.05) is 12.4 Å². The van der Waals surface area contributed by atoms with Crippen LogP contribution in [0.4, 0.5) is 0 Å². The lowest BCUT2D eigenvalue weighted by molar-refractivity contribution is 0.158. The third-order valence-electron chi connectivity index (χ3n) is 3.21. The van der Waals surface area contributed by atoms with Crippen LogP contribution in [-0.2, 0) is 6.54 Å². The van der Waals surface area contributed by atoms with Gasteiger partial charge < -0.3 is 5.73 Å². The monoisotopic (exact) mass is 205 g/mol. The van der Waals surface area contributed by atoms with Crippen LogP contribution in [0.2, 0.25) is 0 Å². The number of rotatable bonds is 2. The fourth-order valence-corrected chi connectivity index (χ4v) is 2.14. The van der Waals surface area contributed by atoms with Gasteiger partial charge in [0.25, 0.3) is 0 Å². The highest BCUT2D eigenvalue weighted by atomic mass is 15.1. The fourth-order valence-electron chi connectivity index (χ4n) is 2.14. The first-order valence-electron chi connectivity index (χ1n) is 5.62. The minimum absolute atomic E-state index is 0.388. The first-order valence-corrected chi connectivity index (χ1v) is 5.62. The van der Waals surface area contributed by atoms with Crippen LogP contribution < -0.4 is 5.73 Å². The van der Waals surface area contributed by atoms with Crippen molar-refractivity contribution in [3.05, 3.63) is 30.1 Å². The number of pyridine rings is 1. The van der Waals surface area contributed by atoms with Crippen molar-refractivity contribution < 1.29 is 0 Å². The number of nitrogens with zero attached hydrogens (tertiary/aromatic N) is 2. The third kappa shape index (κ3) is 2.76. The predicted octanol–water partition coefficient (Wildman–Crippen LogP) is 1.25. The second-order valence-corrected chi connectivity index (χ2v) is 4.52. The van der Waals surface area contributed by atoms with Crippen molar-refractivity contribution >= 4 is 0 Å². The molecule has 3 heteroatoms. The molecule has 0 aromatic carbocycles. The summed E-state index contributed by atoms with van der Waals surface area (Å²) in [6.07, 6.45) is 4.83. The highest BCUT2D eigenvalue weighted by Crippen LogP contribution is 2.16. The number of likely N-dealkylation sites (tertiary alicyclic amines) is 1. The van der Waals surface area contributed by atoms with Crippen LogP contribution in [0.5, 0.6) is 0 Å². The Bertz CT molecular complexity index is 299. The fraction of sp³-hybridized carbons (Fsp3) is 0.583. The Balaban J connectivity index is 1.91. The molecule has 0 radical (unpaired) electrons. The van der Waals surface area contributed by atoms with Crippen molar-refractivity contribution in [2.24, 2.45) is 11.7 Å². The molecule has 2 N–H and O–H groups in total. The van der Waals surface area contributed by atoms with Gasteiger partial charge in [0.2, 0.25) is 0 Å². The number of piperidine rings is 1. The zero-order valence-corrected chi connectivity index (χ0v) is 9.26. The molecule has 1 aromatic rings. The minimum atomic E-state index is 0.388. The standard InChI is InChI=1S/C12H19N3/c1-10-8-15(7-4-12(10)13)9-11-2-5-14-6-3-11/h2-3,5-6,10,12H,4,7-9,13H2,1H3. The average Bonchev–Trinajstić information content (AvgIpc) is 2.25. The lowest BCUT2D eigenvalue weighted by atomic mass is 9.94. The smallest absolute Gasteiger partial charge is 0.0271 e. The molecule has 0 amide bonds. The van der Waals surface area contributed by atoms with E-state index in [0.29, 0.717) is 12.0 Å². The van der Waals surface area contributed by atoms with Gasteiger partial charge in [0.1, 0.15) is 0 Å². The summed E-state index contributed by atoms with van der Waals surface area (Å²) in [5.74, 6) is 0.612. The van der Waals surface area contributed by atoms with Gasteiger partial charge in [-0.25, -0.2) is 0 Å². The molecule has 3 nitrogen and oxygen atoms in total. The van der Waals surface area contributed by atoms with Crippen molar-refractivity contribution in [1.29, 1.82) is 0 Å². The van der Waals surface area contributed by atoms with E-state index in [-0.39, 0.29) is 0 Å². The maximum absolute atomic E-state index is 6.00. The number of aromatic nitrogens is 1. The summed E-state index contributed by atoms with van der Waals surface area (Å²) in [7, 11) is 0. The summed E-state index contributed by atoms with van der Waals surface area (Å²) in [6, 6.07) is 4.55. The summed E-state index contributed by atoms with van der Waals surface area (Å²) in [6.45, 7) is 5.50. The first kappa shape index (κ1) is 10.6. The molecule has 1 fully saturated rings. The lowest BCUT2D eigenvalue weighted by Crippen LogP contribution is -2.45. The van der Waals surface area contributed by atoms with Crippen LogP contribution >= 0.6 is 0 Å². The summed E-state index contributed by atoms with van der Waals surface area (Å²) in [5, 5.41) is 0. The van der Waals surface area contributed by atoms with Crippen molar-refractivity contribution in [1.82, 2.24) is 9.88 Å². The van der Waals surface area contributed by atoms with Crippen molar-refractivity contribution in [2.45, 2.75) is 25.9 Å². The normalized spacial score (nSPS) is 27.9. The van der Waals surface area contributed by atoms with Gasteiger partial charge in [-0.15, -0.1) is 0 Å². The van der Waals surface area contributed by atoms with Crippen LogP contribution in [0.1, 0.15) is 18.9 Å². The molecule has 2 unspecified atom stereocenters. The van der Waals surface area contributed by atoms with Gasteiger partial charge in [-0.2, -0.15) is 0 Å². The number of nitrogens with two attached hydrogens (primary N) is 1. The molecule has 1 aliphatic heterocycles. The van der Waals surface area contributed by atoms with Gasteiger partial charge in [0.05, 0.1) is 0 Å². The van der Waals surface area contributed by atoms with Crippen LogP contribution in [0.3, 0.4) is 0 Å². The second-order valence-electron chi connectivity index (χ2n) is 4.52. The Hall–Kier alpha value is -0.930. The quantitative estimate of drug-likeness (QED) is 0.790. The Morgan fingerprint density at radius 2 is 2.20 bits per heavy atom. The van der Waals surface area contributed by atoms with Gasteiger partial charge in [-0.1, -0.05) is 6.92 Å². The van der Waals surface area contributed by atoms with E-state index in [1.54, 1.807) is 0 Å². The molecule has 82 valence electrons. The van der Waals surface area contributed by atoms with E-state index >= 15 is 0 Å². The zero-order chi connectivity index (χ0) is 10.7. The molecule has 1 aromatic heterocycles. The summed E-state index contributed by atoms with van der Waals surface area (Å²) >= 11 is 0. The Morgan fingerprint density at radius 1 is 1.47 bits per heavy atom. The van der Waals surface area contributed by atoms with E-state index in [0.717, 1.165) is 26.1 Å². The molecular weight excluding hydrogens is 186 g/mol. The topological polar surface area (TPSA) is 42.2 Å². The van der Waals surface area contributed by atoms with Crippen molar-refractivity contribution in [3.8, 4) is 0 Å². The van der Waals surface area contributed by atoms with Gasteiger partial charge in [-0.3, -0.25) is 9.88 Å². The summed E-state index contributed by atoms with van der Waals surface area (Å²) < 4.78 is 0. The minimum Gasteiger partial charge on any atom is -0.327 e. The number of hydrogen-bond acceptors (Lipinski definition) is 3. The highest BCUT2D eigenvalue weighted by molar-refractivity contribution is 5.09.